The Morgan fingerprint density at radius 1 is 1.27 bits per heavy atom. The van der Waals surface area contributed by atoms with Gasteiger partial charge in [-0.25, -0.2) is 4.74 Å². The molecule has 0 aliphatic carbocycles. The normalized spacial score (nSPS) is 11.6. The smallest absolute Gasteiger partial charge is 0.181 e. The van der Waals surface area contributed by atoms with Crippen molar-refractivity contribution >= 4 is 6.21 Å². The molecule has 0 fully saturated rings. The molecule has 0 saturated carbocycles. The first-order valence-electron chi connectivity index (χ1n) is 3.50. The van der Waals surface area contributed by atoms with Gasteiger partial charge in [0.25, 0.3) is 0 Å². The van der Waals surface area contributed by atoms with Crippen LogP contribution in [0.2, 0.25) is 0 Å². The van der Waals surface area contributed by atoms with Crippen LogP contribution in [-0.2, 0) is 0 Å². The van der Waals surface area contributed by atoms with Gasteiger partial charge in [0.1, 0.15) is 7.05 Å². The fourth-order valence-electron chi connectivity index (χ4n) is 0.862. The molecule has 2 heteroatoms. The number of hydrogen-bond donors (Lipinski definition) is 0. The molecule has 0 aliphatic rings. The molecular formula is C9H11NO. The van der Waals surface area contributed by atoms with Crippen LogP contribution in [0.15, 0.2) is 24.3 Å². The zero-order valence-corrected chi connectivity index (χ0v) is 6.74. The Balaban J connectivity index is 2.91. The fourth-order valence-corrected chi connectivity index (χ4v) is 0.862. The largest absolute Gasteiger partial charge is 0.624 e. The van der Waals surface area contributed by atoms with Crippen molar-refractivity contribution in [1.82, 2.24) is 0 Å². The maximum Gasteiger partial charge on any atom is 0.181 e. The van der Waals surface area contributed by atoms with Crippen molar-refractivity contribution in [3.05, 3.63) is 40.6 Å². The average Bonchev–Trinajstić information content (AvgIpc) is 1.93. The molecule has 0 aliphatic heterocycles. The maximum atomic E-state index is 10.6. The summed E-state index contributed by atoms with van der Waals surface area (Å²) < 4.78 is 0.796. The first kappa shape index (κ1) is 7.79. The van der Waals surface area contributed by atoms with E-state index in [0.717, 1.165) is 10.3 Å². The highest BCUT2D eigenvalue weighted by Gasteiger charge is 1.89. The summed E-state index contributed by atoms with van der Waals surface area (Å²) in [5.74, 6) is 0. The van der Waals surface area contributed by atoms with Crippen molar-refractivity contribution in [3.63, 3.8) is 0 Å². The fraction of sp³-hybridized carbons (Fsp3) is 0.222. The van der Waals surface area contributed by atoms with E-state index in [4.69, 9.17) is 0 Å². The molecule has 0 unspecified atom stereocenters. The molecule has 0 spiro atoms. The van der Waals surface area contributed by atoms with E-state index in [9.17, 15) is 5.21 Å². The van der Waals surface area contributed by atoms with Crippen LogP contribution in [0, 0.1) is 12.1 Å². The molecule has 0 bridgehead atoms. The number of aryl methyl sites for hydroxylation is 1. The monoisotopic (exact) mass is 149 g/mol. The zero-order valence-electron chi connectivity index (χ0n) is 6.74. The quantitative estimate of drug-likeness (QED) is 0.257. The zero-order chi connectivity index (χ0) is 8.27. The summed E-state index contributed by atoms with van der Waals surface area (Å²) in [6.45, 7) is 2.02. The number of nitrogens with zero attached hydrogens (tertiary/aromatic N) is 1. The second-order valence-corrected chi connectivity index (χ2v) is 2.59. The third-order valence-corrected chi connectivity index (χ3v) is 1.41. The van der Waals surface area contributed by atoms with Gasteiger partial charge in [-0.1, -0.05) is 17.7 Å². The summed E-state index contributed by atoms with van der Waals surface area (Å²) in [5.41, 5.74) is 2.14. The molecule has 1 rings (SSSR count). The minimum Gasteiger partial charge on any atom is -0.624 e. The Bertz CT molecular complexity index is 257. The van der Waals surface area contributed by atoms with Crippen molar-refractivity contribution in [2.45, 2.75) is 6.92 Å². The van der Waals surface area contributed by atoms with Crippen LogP contribution >= 0.6 is 0 Å². The first-order valence-corrected chi connectivity index (χ1v) is 3.50. The van der Waals surface area contributed by atoms with Crippen LogP contribution in [-0.4, -0.2) is 18.0 Å². The number of hydrogen-bond acceptors (Lipinski definition) is 1. The molecule has 0 N–H and O–H groups in total. The Kier molecular flexibility index (Phi) is 2.26. The molecule has 0 heterocycles. The highest BCUT2D eigenvalue weighted by atomic mass is 16.5. The molecule has 11 heavy (non-hydrogen) atoms. The van der Waals surface area contributed by atoms with Crippen LogP contribution in [0.3, 0.4) is 0 Å². The predicted octanol–water partition coefficient (Wildman–Crippen LogP) is 1.55. The van der Waals surface area contributed by atoms with Gasteiger partial charge in [0.15, 0.2) is 6.21 Å². The van der Waals surface area contributed by atoms with Gasteiger partial charge in [0.05, 0.1) is 0 Å². The van der Waals surface area contributed by atoms with E-state index in [1.807, 2.05) is 31.2 Å². The van der Waals surface area contributed by atoms with Crippen molar-refractivity contribution in [3.8, 4) is 0 Å². The Hall–Kier alpha value is -1.31. The topological polar surface area (TPSA) is 26.1 Å². The summed E-state index contributed by atoms with van der Waals surface area (Å²) in [6, 6.07) is 7.80. The Labute approximate surface area is 66.4 Å². The van der Waals surface area contributed by atoms with Crippen molar-refractivity contribution in [1.29, 1.82) is 0 Å². The van der Waals surface area contributed by atoms with Gasteiger partial charge in [-0.3, -0.25) is 0 Å². The molecule has 58 valence electrons. The first-order chi connectivity index (χ1) is 5.18. The molecule has 1 aromatic rings. The molecule has 1 aromatic carbocycles. The van der Waals surface area contributed by atoms with Gasteiger partial charge < -0.3 is 5.21 Å². The molecular weight excluding hydrogens is 138 g/mol. The van der Waals surface area contributed by atoms with Gasteiger partial charge in [-0.2, -0.15) is 0 Å². The standard InChI is InChI=1S/C9H11NO/c1-8-3-5-9(6-4-8)7-10(2)11/h3-7H,1-2H3/b10-7+. The summed E-state index contributed by atoms with van der Waals surface area (Å²) in [7, 11) is 1.47. The third kappa shape index (κ3) is 2.42. The molecule has 0 radical (unpaired) electrons. The van der Waals surface area contributed by atoms with E-state index in [1.165, 1.54) is 12.6 Å². The average molecular weight is 149 g/mol. The Morgan fingerprint density at radius 2 is 1.82 bits per heavy atom. The third-order valence-electron chi connectivity index (χ3n) is 1.41. The van der Waals surface area contributed by atoms with Crippen LogP contribution < -0.4 is 0 Å². The number of hydroxylamine groups is 1. The maximum absolute atomic E-state index is 10.6. The minimum atomic E-state index is 0.796. The predicted molar refractivity (Wildman–Crippen MR) is 45.9 cm³/mol. The lowest BCUT2D eigenvalue weighted by atomic mass is 10.2. The second kappa shape index (κ2) is 3.19. The minimum absolute atomic E-state index is 0.796. The summed E-state index contributed by atoms with van der Waals surface area (Å²) in [6.07, 6.45) is 1.54. The molecule has 0 atom stereocenters. The summed E-state index contributed by atoms with van der Waals surface area (Å²) >= 11 is 0. The van der Waals surface area contributed by atoms with Crippen molar-refractivity contribution < 1.29 is 4.74 Å². The molecule has 2 nitrogen and oxygen atoms in total. The van der Waals surface area contributed by atoms with Gasteiger partial charge in [0, 0.05) is 5.56 Å². The van der Waals surface area contributed by atoms with E-state index >= 15 is 0 Å². The molecule has 0 amide bonds. The Morgan fingerprint density at radius 3 is 2.27 bits per heavy atom. The van der Waals surface area contributed by atoms with Gasteiger partial charge in [-0.05, 0) is 19.1 Å². The van der Waals surface area contributed by atoms with Gasteiger partial charge in [0.2, 0.25) is 0 Å². The molecule has 0 saturated heterocycles. The van der Waals surface area contributed by atoms with E-state index in [-0.39, 0.29) is 0 Å². The summed E-state index contributed by atoms with van der Waals surface area (Å²) in [5, 5.41) is 10.6. The van der Waals surface area contributed by atoms with Crippen LogP contribution in [0.25, 0.3) is 0 Å². The van der Waals surface area contributed by atoms with Gasteiger partial charge in [-0.15, -0.1) is 0 Å². The van der Waals surface area contributed by atoms with E-state index in [1.54, 1.807) is 6.21 Å². The number of benzene rings is 1. The second-order valence-electron chi connectivity index (χ2n) is 2.59. The lowest BCUT2D eigenvalue weighted by molar-refractivity contribution is -0.416. The van der Waals surface area contributed by atoms with Crippen LogP contribution in [0.5, 0.6) is 0 Å². The molecule has 0 aromatic heterocycles. The van der Waals surface area contributed by atoms with Gasteiger partial charge >= 0.3 is 0 Å². The highest BCUT2D eigenvalue weighted by Crippen LogP contribution is 1.99. The van der Waals surface area contributed by atoms with Crippen LogP contribution in [0.1, 0.15) is 11.1 Å². The van der Waals surface area contributed by atoms with Crippen LogP contribution in [0.4, 0.5) is 0 Å². The van der Waals surface area contributed by atoms with Crippen molar-refractivity contribution in [2.24, 2.45) is 0 Å². The lowest BCUT2D eigenvalue weighted by Gasteiger charge is -1.95. The van der Waals surface area contributed by atoms with E-state index < -0.39 is 0 Å². The highest BCUT2D eigenvalue weighted by molar-refractivity contribution is 5.75. The summed E-state index contributed by atoms with van der Waals surface area (Å²) in [4.78, 5) is 0. The lowest BCUT2D eigenvalue weighted by Crippen LogP contribution is -1.96. The van der Waals surface area contributed by atoms with Crippen molar-refractivity contribution in [2.75, 3.05) is 7.05 Å². The SMILES string of the molecule is Cc1ccc(/C=[N+](\C)[O-])cc1. The van der Waals surface area contributed by atoms with E-state index in [0.29, 0.717) is 0 Å². The van der Waals surface area contributed by atoms with E-state index in [2.05, 4.69) is 0 Å². The number of rotatable bonds is 1.